The molecule has 43 heavy (non-hydrogen) atoms. The number of nitrogens with two attached hydrogens (primary N) is 1. The summed E-state index contributed by atoms with van der Waals surface area (Å²) in [6.07, 6.45) is -4.08. The van der Waals surface area contributed by atoms with Gasteiger partial charge in [0.15, 0.2) is 17.9 Å². The van der Waals surface area contributed by atoms with Crippen LogP contribution in [0.25, 0.3) is 0 Å². The van der Waals surface area contributed by atoms with Gasteiger partial charge in [-0.05, 0) is 53.1 Å². The molecule has 5 atom stereocenters. The predicted molar refractivity (Wildman–Crippen MR) is 144 cm³/mol. The van der Waals surface area contributed by atoms with Crippen LogP contribution in [0.1, 0.15) is 27.0 Å². The molecule has 2 aromatic rings. The number of hydrogen-bond acceptors (Lipinski definition) is 14. The number of hydrogen-bond donors (Lipinski definition) is 2. The quantitative estimate of drug-likeness (QED) is 0.190. The summed E-state index contributed by atoms with van der Waals surface area (Å²) in [5.41, 5.74) is 4.23. The summed E-state index contributed by atoms with van der Waals surface area (Å²) in [5, 5.41) is 11.1. The third-order valence-corrected chi connectivity index (χ3v) is 6.60. The van der Waals surface area contributed by atoms with Crippen molar-refractivity contribution in [3.8, 4) is 11.5 Å². The van der Waals surface area contributed by atoms with Crippen LogP contribution in [0.4, 0.5) is 14.6 Å². The standard InChI is InChI=1S/C25H32F2N5O10P/c1-14(2)39-21(34)15(3)30-43(37)42-17-9-7-6-8-16(17)38-13-18-25(36,41-20(33)12-31(4)5)24(26,27)22(40-18)32-11-10-19(28)29-23(32)35/h6-11,14-15,18,22,36H,12-13H2,1-5H3,(H2,28,29,35)/t15-,18+,22+,25-/m0/s1. The average molecular weight is 632 g/mol. The Bertz CT molecular complexity index is 1410. The summed E-state index contributed by atoms with van der Waals surface area (Å²) >= 11 is 0. The monoisotopic (exact) mass is 631 g/mol. The zero-order valence-electron chi connectivity index (χ0n) is 23.9. The van der Waals surface area contributed by atoms with Crippen LogP contribution < -0.4 is 25.6 Å². The highest BCUT2D eigenvalue weighted by atomic mass is 31.1. The number of alkyl halides is 2. The van der Waals surface area contributed by atoms with Crippen LogP contribution in [0.3, 0.4) is 0 Å². The number of ether oxygens (including phenoxy) is 4. The Morgan fingerprint density at radius 3 is 2.51 bits per heavy atom. The molecule has 0 spiro atoms. The highest BCUT2D eigenvalue weighted by Crippen LogP contribution is 2.50. The molecule has 1 aromatic heterocycles. The lowest BCUT2D eigenvalue weighted by atomic mass is 10.0. The zero-order valence-corrected chi connectivity index (χ0v) is 24.8. The first-order valence-electron chi connectivity index (χ1n) is 12.8. The number of aromatic nitrogens is 2. The van der Waals surface area contributed by atoms with Gasteiger partial charge in [-0.1, -0.05) is 16.9 Å². The van der Waals surface area contributed by atoms with Crippen LogP contribution >= 0.6 is 8.17 Å². The molecule has 1 aromatic carbocycles. The number of nitrogen functional groups attached to an aromatic ring is 1. The number of carbonyl (C=O) groups is 2. The first-order chi connectivity index (χ1) is 20.0. The Morgan fingerprint density at radius 2 is 1.91 bits per heavy atom. The summed E-state index contributed by atoms with van der Waals surface area (Å²) < 4.78 is 61.8. The van der Waals surface area contributed by atoms with Gasteiger partial charge in [-0.3, -0.25) is 18.8 Å². The molecule has 0 aliphatic carbocycles. The lowest BCUT2D eigenvalue weighted by molar-refractivity contribution is -0.302. The van der Waals surface area contributed by atoms with Crippen molar-refractivity contribution in [2.24, 2.45) is 4.74 Å². The summed E-state index contributed by atoms with van der Waals surface area (Å²) in [7, 11) is 0.119. The van der Waals surface area contributed by atoms with Crippen LogP contribution in [0, 0.1) is 0 Å². The van der Waals surface area contributed by atoms with Crippen molar-refractivity contribution >= 4 is 25.9 Å². The highest BCUT2D eigenvalue weighted by Gasteiger charge is 2.73. The number of likely N-dealkylation sites (N-methyl/N-ethyl adjacent to an activating group) is 1. The number of aliphatic hydroxyl groups is 1. The van der Waals surface area contributed by atoms with Crippen molar-refractivity contribution < 1.29 is 51.8 Å². The summed E-state index contributed by atoms with van der Waals surface area (Å²) in [6.45, 7) is 3.28. The lowest BCUT2D eigenvalue weighted by Crippen LogP contribution is -2.58. The molecule has 1 fully saturated rings. The Morgan fingerprint density at radius 1 is 1.26 bits per heavy atom. The Hall–Kier alpha value is -3.76. The Kier molecular flexibility index (Phi) is 10.7. The lowest BCUT2D eigenvalue weighted by Gasteiger charge is -2.32. The van der Waals surface area contributed by atoms with Crippen LogP contribution in [0.15, 0.2) is 46.1 Å². The van der Waals surface area contributed by atoms with E-state index in [1.165, 1.54) is 50.2 Å². The van der Waals surface area contributed by atoms with E-state index in [-0.39, 0.29) is 17.3 Å². The van der Waals surface area contributed by atoms with Crippen molar-refractivity contribution in [3.05, 3.63) is 47.0 Å². The molecule has 0 saturated carbocycles. The van der Waals surface area contributed by atoms with Gasteiger partial charge in [0.1, 0.15) is 12.4 Å². The number of esters is 2. The number of nitrogens with zero attached hydrogens (tertiary/aromatic N) is 4. The van der Waals surface area contributed by atoms with Crippen molar-refractivity contribution in [2.75, 3.05) is 33.0 Å². The molecular formula is C25H32F2N5O10P. The topological polar surface area (TPSA) is 200 Å². The predicted octanol–water partition coefficient (Wildman–Crippen LogP) is 0.805. The molecule has 236 valence electrons. The van der Waals surface area contributed by atoms with Gasteiger partial charge < -0.3 is 34.7 Å². The number of halogens is 2. The van der Waals surface area contributed by atoms with Crippen LogP contribution in [-0.4, -0.2) is 88.7 Å². The molecular weight excluding hydrogens is 599 g/mol. The maximum absolute atomic E-state index is 15.8. The molecule has 0 amide bonds. The van der Waals surface area contributed by atoms with E-state index < -0.39 is 75.1 Å². The molecule has 0 radical (unpaired) electrons. The van der Waals surface area contributed by atoms with Gasteiger partial charge in [0.2, 0.25) is 12.0 Å². The fourth-order valence-corrected chi connectivity index (χ4v) is 4.50. The average Bonchev–Trinajstić information content (AvgIpc) is 3.07. The minimum absolute atomic E-state index is 0.151. The SMILES string of the molecule is CC(C)OC(=O)[C@H](C)N=[P+]([O-])Oc1ccccc1OC[C@H]1O[C@@H](n2ccc(N)nc2=O)C(F)(F)[C@@]1(O)OC(=O)CN(C)C. The number of carbonyl (C=O) groups excluding carboxylic acids is 2. The Balaban J connectivity index is 1.88. The van der Waals surface area contributed by atoms with E-state index in [9.17, 15) is 24.4 Å². The maximum Gasteiger partial charge on any atom is 0.395 e. The van der Waals surface area contributed by atoms with Gasteiger partial charge >= 0.3 is 37.5 Å². The van der Waals surface area contributed by atoms with E-state index in [4.69, 9.17) is 29.2 Å². The second-order valence-electron chi connectivity index (χ2n) is 9.91. The molecule has 3 rings (SSSR count). The van der Waals surface area contributed by atoms with E-state index in [0.29, 0.717) is 4.57 Å². The second-order valence-corrected chi connectivity index (χ2v) is 10.8. The second kappa shape index (κ2) is 13.7. The fourth-order valence-electron chi connectivity index (χ4n) is 3.76. The van der Waals surface area contributed by atoms with E-state index >= 15 is 8.78 Å². The maximum atomic E-state index is 15.8. The van der Waals surface area contributed by atoms with Crippen molar-refractivity contribution in [1.82, 2.24) is 14.5 Å². The molecule has 0 bridgehead atoms. The third-order valence-electron chi connectivity index (χ3n) is 5.71. The van der Waals surface area contributed by atoms with Gasteiger partial charge in [0, 0.05) is 6.20 Å². The van der Waals surface area contributed by atoms with E-state index in [1.807, 2.05) is 0 Å². The largest absolute Gasteiger partial charge is 0.575 e. The zero-order chi connectivity index (χ0) is 32.1. The molecule has 2 heterocycles. The van der Waals surface area contributed by atoms with Gasteiger partial charge in [0.05, 0.1) is 12.6 Å². The molecule has 15 nitrogen and oxygen atoms in total. The smallest absolute Gasteiger partial charge is 0.395 e. The number of para-hydroxylation sites is 2. The first-order valence-corrected chi connectivity index (χ1v) is 13.9. The number of anilines is 1. The van der Waals surface area contributed by atoms with E-state index in [2.05, 4.69) is 9.73 Å². The van der Waals surface area contributed by atoms with E-state index in [1.54, 1.807) is 13.8 Å². The summed E-state index contributed by atoms with van der Waals surface area (Å²) in [5.74, 6) is -10.5. The van der Waals surface area contributed by atoms with Gasteiger partial charge in [-0.25, -0.2) is 9.59 Å². The molecule has 3 N–H and O–H groups in total. The van der Waals surface area contributed by atoms with Crippen LogP contribution in [-0.2, 0) is 23.8 Å². The molecule has 1 saturated heterocycles. The molecule has 1 aliphatic heterocycles. The molecule has 18 heteroatoms. The van der Waals surface area contributed by atoms with Gasteiger partial charge in [0.25, 0.3) is 0 Å². The van der Waals surface area contributed by atoms with Gasteiger partial charge in [-0.2, -0.15) is 13.8 Å². The minimum atomic E-state index is -4.40. The van der Waals surface area contributed by atoms with Crippen molar-refractivity contribution in [3.63, 3.8) is 0 Å². The summed E-state index contributed by atoms with van der Waals surface area (Å²) in [4.78, 5) is 53.9. The summed E-state index contributed by atoms with van der Waals surface area (Å²) in [6, 6.07) is 5.55. The normalized spacial score (nSPS) is 22.3. The highest BCUT2D eigenvalue weighted by molar-refractivity contribution is 7.34. The molecule has 1 aliphatic rings. The number of rotatable bonds is 12. The fraction of sp³-hybridized carbons (Fsp3) is 0.520. The third kappa shape index (κ3) is 8.00. The van der Waals surface area contributed by atoms with Crippen molar-refractivity contribution in [1.29, 1.82) is 0 Å². The van der Waals surface area contributed by atoms with Crippen molar-refractivity contribution in [2.45, 2.75) is 57.0 Å². The van der Waals surface area contributed by atoms with Gasteiger partial charge in [-0.15, -0.1) is 0 Å². The van der Waals surface area contributed by atoms with Crippen LogP contribution in [0.2, 0.25) is 0 Å². The Labute approximate surface area is 245 Å². The number of benzene rings is 1. The molecule has 1 unspecified atom stereocenters. The first kappa shape index (κ1) is 33.7. The minimum Gasteiger partial charge on any atom is -0.575 e. The van der Waals surface area contributed by atoms with E-state index in [0.717, 1.165) is 12.3 Å². The van der Waals surface area contributed by atoms with Crippen LogP contribution in [0.5, 0.6) is 11.5 Å².